The molecule has 7 heteroatoms. The molecule has 2 aromatic carbocycles. The van der Waals surface area contributed by atoms with Crippen molar-refractivity contribution in [3.63, 3.8) is 0 Å². The number of hydrogen-bond acceptors (Lipinski definition) is 4. The summed E-state index contributed by atoms with van der Waals surface area (Å²) in [6.07, 6.45) is 2.46. The van der Waals surface area contributed by atoms with Gasteiger partial charge in [0.1, 0.15) is 6.33 Å². The molecule has 0 unspecified atom stereocenters. The summed E-state index contributed by atoms with van der Waals surface area (Å²) in [4.78, 5) is 16.9. The van der Waals surface area contributed by atoms with Crippen molar-refractivity contribution >= 4 is 32.9 Å². The number of amides is 1. The molecule has 0 aliphatic carbocycles. The van der Waals surface area contributed by atoms with Crippen LogP contribution in [0, 0.1) is 0 Å². The normalized spacial score (nSPS) is 10.7. The number of imidazole rings is 1. The van der Waals surface area contributed by atoms with E-state index in [9.17, 15) is 4.79 Å². The maximum atomic E-state index is 12.6. The highest BCUT2D eigenvalue weighted by Crippen LogP contribution is 2.36. The molecule has 1 amide bonds. The summed E-state index contributed by atoms with van der Waals surface area (Å²) >= 11 is 3.45. The van der Waals surface area contributed by atoms with Gasteiger partial charge in [0.05, 0.1) is 29.2 Å². The Hall–Kier alpha value is -2.54. The van der Waals surface area contributed by atoms with Crippen molar-refractivity contribution in [3.8, 4) is 11.5 Å². The maximum absolute atomic E-state index is 12.6. The minimum Gasteiger partial charge on any atom is -0.493 e. The van der Waals surface area contributed by atoms with E-state index in [2.05, 4.69) is 26.3 Å². The molecule has 3 aromatic rings. The predicted molar refractivity (Wildman–Crippen MR) is 99.9 cm³/mol. The molecule has 25 heavy (non-hydrogen) atoms. The van der Waals surface area contributed by atoms with E-state index in [0.29, 0.717) is 28.1 Å². The highest BCUT2D eigenvalue weighted by Gasteiger charge is 2.16. The van der Waals surface area contributed by atoms with Crippen molar-refractivity contribution in [1.82, 2.24) is 9.66 Å². The molecule has 1 N–H and O–H groups in total. The van der Waals surface area contributed by atoms with Crippen LogP contribution in [0.2, 0.25) is 0 Å². The van der Waals surface area contributed by atoms with Gasteiger partial charge in [0.15, 0.2) is 11.5 Å². The van der Waals surface area contributed by atoms with Crippen LogP contribution in [0.15, 0.2) is 47.2 Å². The van der Waals surface area contributed by atoms with E-state index in [0.717, 1.165) is 17.5 Å². The number of hydrogen-bond donors (Lipinski definition) is 1. The second kappa shape index (κ2) is 7.57. The Morgan fingerprint density at radius 3 is 2.88 bits per heavy atom. The third-order valence-electron chi connectivity index (χ3n) is 3.62. The van der Waals surface area contributed by atoms with E-state index in [4.69, 9.17) is 9.47 Å². The van der Waals surface area contributed by atoms with Gasteiger partial charge in [-0.05, 0) is 46.6 Å². The van der Waals surface area contributed by atoms with E-state index in [1.807, 2.05) is 31.2 Å². The summed E-state index contributed by atoms with van der Waals surface area (Å²) < 4.78 is 13.3. The second-order valence-corrected chi connectivity index (χ2v) is 6.24. The average molecular weight is 404 g/mol. The van der Waals surface area contributed by atoms with E-state index in [1.165, 1.54) is 0 Å². The lowest BCUT2D eigenvalue weighted by Crippen LogP contribution is -2.22. The lowest BCUT2D eigenvalue weighted by Gasteiger charge is -2.14. The van der Waals surface area contributed by atoms with E-state index in [-0.39, 0.29) is 5.91 Å². The quantitative estimate of drug-likeness (QED) is 0.675. The lowest BCUT2D eigenvalue weighted by molar-refractivity contribution is 0.101. The van der Waals surface area contributed by atoms with Crippen molar-refractivity contribution in [2.24, 2.45) is 0 Å². The fourth-order valence-electron chi connectivity index (χ4n) is 2.42. The molecule has 0 fully saturated rings. The highest BCUT2D eigenvalue weighted by molar-refractivity contribution is 9.10. The standard InChI is InChI=1S/C18H18BrN3O3/c1-3-8-25-17-13(19)9-12(10-16(17)24-2)18(23)21-22-11-20-14-6-4-5-7-15(14)22/h4-7,9-11H,3,8H2,1-2H3,(H,21,23). The van der Waals surface area contributed by atoms with Crippen LogP contribution in [0.4, 0.5) is 0 Å². The Morgan fingerprint density at radius 1 is 1.32 bits per heavy atom. The van der Waals surface area contributed by atoms with Gasteiger partial charge < -0.3 is 9.47 Å². The molecule has 0 aliphatic rings. The SMILES string of the molecule is CCCOc1c(Br)cc(C(=O)Nn2cnc3ccccc32)cc1OC. The first-order chi connectivity index (χ1) is 12.1. The first-order valence-corrected chi connectivity index (χ1v) is 8.67. The van der Waals surface area contributed by atoms with Crippen LogP contribution < -0.4 is 14.9 Å². The van der Waals surface area contributed by atoms with Gasteiger partial charge in [-0.1, -0.05) is 19.1 Å². The Bertz CT molecular complexity index is 908. The second-order valence-electron chi connectivity index (χ2n) is 5.38. The predicted octanol–water partition coefficient (Wildman–Crippen LogP) is 3.98. The van der Waals surface area contributed by atoms with Gasteiger partial charge in [0.2, 0.25) is 0 Å². The molecule has 0 saturated carbocycles. The van der Waals surface area contributed by atoms with Crippen LogP contribution in [0.3, 0.4) is 0 Å². The molecule has 0 saturated heterocycles. The molecule has 6 nitrogen and oxygen atoms in total. The third-order valence-corrected chi connectivity index (χ3v) is 4.21. The number of methoxy groups -OCH3 is 1. The number of aromatic nitrogens is 2. The molecule has 0 atom stereocenters. The van der Waals surface area contributed by atoms with Gasteiger partial charge in [-0.25, -0.2) is 9.66 Å². The first-order valence-electron chi connectivity index (χ1n) is 7.87. The molecule has 130 valence electrons. The van der Waals surface area contributed by atoms with Crippen molar-refractivity contribution in [1.29, 1.82) is 0 Å². The van der Waals surface area contributed by atoms with Crippen molar-refractivity contribution in [2.45, 2.75) is 13.3 Å². The van der Waals surface area contributed by atoms with Gasteiger partial charge in [0.25, 0.3) is 5.91 Å². The number of ether oxygens (including phenoxy) is 2. The number of nitrogens with zero attached hydrogens (tertiary/aromatic N) is 2. The zero-order valence-electron chi connectivity index (χ0n) is 14.0. The van der Waals surface area contributed by atoms with E-state index in [1.54, 1.807) is 30.2 Å². The van der Waals surface area contributed by atoms with E-state index < -0.39 is 0 Å². The largest absolute Gasteiger partial charge is 0.493 e. The maximum Gasteiger partial charge on any atom is 0.270 e. The highest BCUT2D eigenvalue weighted by atomic mass is 79.9. The smallest absolute Gasteiger partial charge is 0.270 e. The summed E-state index contributed by atoms with van der Waals surface area (Å²) in [6, 6.07) is 10.9. The minimum atomic E-state index is -0.274. The van der Waals surface area contributed by atoms with Gasteiger partial charge in [0, 0.05) is 5.56 Å². The van der Waals surface area contributed by atoms with Crippen molar-refractivity contribution in [3.05, 3.63) is 52.8 Å². The van der Waals surface area contributed by atoms with Crippen LogP contribution in [0.1, 0.15) is 23.7 Å². The Kier molecular flexibility index (Phi) is 5.23. The topological polar surface area (TPSA) is 65.4 Å². The number of fused-ring (bicyclic) bond motifs is 1. The molecule has 0 spiro atoms. The molecular formula is C18H18BrN3O3. The monoisotopic (exact) mass is 403 g/mol. The van der Waals surface area contributed by atoms with Gasteiger partial charge in [-0.2, -0.15) is 0 Å². The fourth-order valence-corrected chi connectivity index (χ4v) is 2.97. The summed E-state index contributed by atoms with van der Waals surface area (Å²) in [6.45, 7) is 2.60. The minimum absolute atomic E-state index is 0.274. The van der Waals surface area contributed by atoms with Crippen LogP contribution in [0.5, 0.6) is 11.5 Å². The van der Waals surface area contributed by atoms with E-state index >= 15 is 0 Å². The Labute approximate surface area is 153 Å². The van der Waals surface area contributed by atoms with Crippen molar-refractivity contribution < 1.29 is 14.3 Å². The fraction of sp³-hybridized carbons (Fsp3) is 0.222. The molecule has 0 radical (unpaired) electrons. The zero-order chi connectivity index (χ0) is 17.8. The number of halogens is 1. The van der Waals surface area contributed by atoms with Gasteiger partial charge in [-0.15, -0.1) is 0 Å². The van der Waals surface area contributed by atoms with Gasteiger partial charge >= 0.3 is 0 Å². The number of rotatable bonds is 6. The summed E-state index contributed by atoms with van der Waals surface area (Å²) in [7, 11) is 1.55. The summed E-state index contributed by atoms with van der Waals surface area (Å²) in [5, 5.41) is 0. The van der Waals surface area contributed by atoms with Crippen molar-refractivity contribution in [2.75, 3.05) is 19.1 Å². The molecule has 1 aromatic heterocycles. The van der Waals surface area contributed by atoms with Crippen LogP contribution in [0.25, 0.3) is 11.0 Å². The lowest BCUT2D eigenvalue weighted by atomic mass is 10.2. The molecule has 0 aliphatic heterocycles. The third kappa shape index (κ3) is 3.61. The summed E-state index contributed by atoms with van der Waals surface area (Å²) in [5.74, 6) is 0.821. The average Bonchev–Trinajstić information content (AvgIpc) is 3.03. The Morgan fingerprint density at radius 2 is 2.12 bits per heavy atom. The number of carbonyl (C=O) groups is 1. The Balaban J connectivity index is 1.88. The molecule has 1 heterocycles. The number of carbonyl (C=O) groups excluding carboxylic acids is 1. The van der Waals surface area contributed by atoms with Crippen LogP contribution >= 0.6 is 15.9 Å². The molecule has 3 rings (SSSR count). The van der Waals surface area contributed by atoms with Crippen LogP contribution in [-0.2, 0) is 0 Å². The molecule has 0 bridgehead atoms. The number of benzene rings is 2. The number of nitrogens with one attached hydrogen (secondary N) is 1. The van der Waals surface area contributed by atoms with Crippen LogP contribution in [-0.4, -0.2) is 29.3 Å². The molecular weight excluding hydrogens is 386 g/mol. The first kappa shape index (κ1) is 17.3. The zero-order valence-corrected chi connectivity index (χ0v) is 15.5. The number of para-hydroxylation sites is 2. The summed E-state index contributed by atoms with van der Waals surface area (Å²) in [5.41, 5.74) is 4.90. The van der Waals surface area contributed by atoms with Gasteiger partial charge in [-0.3, -0.25) is 10.2 Å².